The molecule has 2 aromatic rings. The van der Waals surface area contributed by atoms with E-state index in [0.29, 0.717) is 5.91 Å². The second kappa shape index (κ2) is 7.78. The van der Waals surface area contributed by atoms with Gasteiger partial charge in [-0.2, -0.15) is 0 Å². The van der Waals surface area contributed by atoms with Gasteiger partial charge in [-0.25, -0.2) is 9.97 Å². The number of anilines is 2. The lowest BCUT2D eigenvalue weighted by Crippen LogP contribution is -2.53. The minimum atomic E-state index is 0.0541. The first-order chi connectivity index (χ1) is 14.7. The molecule has 0 bridgehead atoms. The van der Waals surface area contributed by atoms with Crippen molar-refractivity contribution in [3.05, 3.63) is 42.7 Å². The van der Waals surface area contributed by atoms with E-state index in [1.165, 1.54) is 6.42 Å². The number of carbonyl (C=O) groups is 1. The van der Waals surface area contributed by atoms with E-state index in [1.807, 2.05) is 18.2 Å². The third-order valence-electron chi connectivity index (χ3n) is 7.14. The molecule has 30 heavy (non-hydrogen) atoms. The number of nitrogens with zero attached hydrogens (tertiary/aromatic N) is 5. The van der Waals surface area contributed by atoms with Gasteiger partial charge in [0.2, 0.25) is 11.9 Å². The van der Waals surface area contributed by atoms with Gasteiger partial charge in [0.15, 0.2) is 0 Å². The summed E-state index contributed by atoms with van der Waals surface area (Å²) in [6.07, 6.45) is 7.05. The van der Waals surface area contributed by atoms with Crippen molar-refractivity contribution >= 4 is 17.5 Å². The van der Waals surface area contributed by atoms with Gasteiger partial charge >= 0.3 is 0 Å². The van der Waals surface area contributed by atoms with Crippen molar-refractivity contribution in [1.29, 1.82) is 0 Å². The molecule has 1 aromatic carbocycles. The molecule has 1 unspecified atom stereocenters. The van der Waals surface area contributed by atoms with Crippen molar-refractivity contribution < 1.29 is 9.53 Å². The van der Waals surface area contributed by atoms with Crippen LogP contribution in [0, 0.1) is 11.3 Å². The maximum absolute atomic E-state index is 13.5. The van der Waals surface area contributed by atoms with Crippen LogP contribution in [0.2, 0.25) is 0 Å². The minimum Gasteiger partial charge on any atom is -0.497 e. The number of carbonyl (C=O) groups excluding carboxylic acids is 1. The number of hydrogen-bond acceptors (Lipinski definition) is 6. The molecule has 1 saturated carbocycles. The number of piperazine rings is 1. The summed E-state index contributed by atoms with van der Waals surface area (Å²) in [6, 6.07) is 9.99. The highest BCUT2D eigenvalue weighted by Crippen LogP contribution is 2.52. The van der Waals surface area contributed by atoms with Crippen LogP contribution in [-0.4, -0.2) is 67.2 Å². The first-order valence-corrected chi connectivity index (χ1v) is 10.9. The lowest BCUT2D eigenvalue weighted by molar-refractivity contribution is -0.140. The highest BCUT2D eigenvalue weighted by molar-refractivity contribution is 5.82. The lowest BCUT2D eigenvalue weighted by atomic mass is 9.62. The lowest BCUT2D eigenvalue weighted by Gasteiger charge is -2.44. The van der Waals surface area contributed by atoms with E-state index in [0.717, 1.165) is 69.5 Å². The van der Waals surface area contributed by atoms with Gasteiger partial charge in [0.25, 0.3) is 0 Å². The molecule has 3 fully saturated rings. The van der Waals surface area contributed by atoms with E-state index in [2.05, 4.69) is 36.8 Å². The monoisotopic (exact) mass is 407 g/mol. The van der Waals surface area contributed by atoms with Gasteiger partial charge in [-0.3, -0.25) is 4.79 Å². The quantitative estimate of drug-likeness (QED) is 0.776. The molecule has 2 saturated heterocycles. The van der Waals surface area contributed by atoms with E-state index >= 15 is 0 Å². The summed E-state index contributed by atoms with van der Waals surface area (Å²) >= 11 is 0. The first kappa shape index (κ1) is 19.2. The average molecular weight is 408 g/mol. The Kier molecular flexibility index (Phi) is 4.97. The molecule has 1 amide bonds. The molecule has 158 valence electrons. The van der Waals surface area contributed by atoms with Gasteiger partial charge in [0.05, 0.1) is 13.0 Å². The maximum atomic E-state index is 13.5. The highest BCUT2D eigenvalue weighted by atomic mass is 16.5. The average Bonchev–Trinajstić information content (AvgIpc) is 3.21. The molecule has 0 radical (unpaired) electrons. The van der Waals surface area contributed by atoms with Crippen LogP contribution in [0.25, 0.3) is 0 Å². The van der Waals surface area contributed by atoms with Crippen LogP contribution < -0.4 is 14.5 Å². The van der Waals surface area contributed by atoms with E-state index in [4.69, 9.17) is 4.74 Å². The summed E-state index contributed by atoms with van der Waals surface area (Å²) in [5.74, 6) is 1.99. The number of aromatic nitrogens is 2. The molecule has 1 atom stereocenters. The number of ether oxygens (including phenoxy) is 1. The zero-order valence-electron chi connectivity index (χ0n) is 17.5. The first-order valence-electron chi connectivity index (χ1n) is 10.9. The summed E-state index contributed by atoms with van der Waals surface area (Å²) in [7, 11) is 1.69. The van der Waals surface area contributed by atoms with Crippen LogP contribution in [0.4, 0.5) is 11.6 Å². The normalized spacial score (nSPS) is 22.8. The Labute approximate surface area is 177 Å². The Morgan fingerprint density at radius 2 is 1.83 bits per heavy atom. The smallest absolute Gasteiger partial charge is 0.228 e. The number of hydrogen-bond donors (Lipinski definition) is 0. The second-order valence-electron chi connectivity index (χ2n) is 8.71. The Bertz CT molecular complexity index is 893. The van der Waals surface area contributed by atoms with Gasteiger partial charge < -0.3 is 19.4 Å². The van der Waals surface area contributed by atoms with Crippen LogP contribution in [0.15, 0.2) is 42.7 Å². The molecular formula is C23H29N5O2. The molecule has 7 nitrogen and oxygen atoms in total. The predicted octanol–water partition coefficient (Wildman–Crippen LogP) is 2.44. The van der Waals surface area contributed by atoms with Crippen LogP contribution in [0.1, 0.15) is 19.3 Å². The largest absolute Gasteiger partial charge is 0.497 e. The van der Waals surface area contributed by atoms with Crippen LogP contribution in [-0.2, 0) is 4.79 Å². The van der Waals surface area contributed by atoms with Crippen LogP contribution in [0.3, 0.4) is 0 Å². The standard InChI is InChI=1S/C23H29N5O2/c1-30-19-6-2-5-18(15-19)26-11-13-27(14-12-26)21(29)20-16-28(17-23(20)7-3-8-23)22-24-9-4-10-25-22/h2,4-6,9-10,15,20H,3,7-8,11-14,16-17H2,1H3. The number of amides is 1. The molecule has 1 aromatic heterocycles. The topological polar surface area (TPSA) is 61.8 Å². The van der Waals surface area contributed by atoms with Crippen LogP contribution in [0.5, 0.6) is 5.75 Å². The second-order valence-corrected chi connectivity index (χ2v) is 8.71. The van der Waals surface area contributed by atoms with Crippen molar-refractivity contribution in [2.24, 2.45) is 11.3 Å². The molecule has 3 heterocycles. The fourth-order valence-corrected chi connectivity index (χ4v) is 5.27. The SMILES string of the molecule is COc1cccc(N2CCN(C(=O)C3CN(c4ncccn4)CC34CCC4)CC2)c1. The Morgan fingerprint density at radius 1 is 1.07 bits per heavy atom. The molecule has 0 N–H and O–H groups in total. The molecular weight excluding hydrogens is 378 g/mol. The molecule has 5 rings (SSSR count). The number of benzene rings is 1. The summed E-state index contributed by atoms with van der Waals surface area (Å²) in [5, 5.41) is 0. The Balaban J connectivity index is 1.26. The number of rotatable bonds is 4. The summed E-state index contributed by atoms with van der Waals surface area (Å²) in [5.41, 5.74) is 1.27. The van der Waals surface area contributed by atoms with Crippen molar-refractivity contribution in [1.82, 2.24) is 14.9 Å². The van der Waals surface area contributed by atoms with E-state index in [1.54, 1.807) is 19.5 Å². The molecule has 3 aliphatic rings. The number of methoxy groups -OCH3 is 1. The highest BCUT2D eigenvalue weighted by Gasteiger charge is 2.54. The van der Waals surface area contributed by atoms with E-state index in [9.17, 15) is 4.79 Å². The van der Waals surface area contributed by atoms with Crippen LogP contribution >= 0.6 is 0 Å². The zero-order chi connectivity index (χ0) is 20.6. The predicted molar refractivity (Wildman–Crippen MR) is 116 cm³/mol. The third kappa shape index (κ3) is 3.36. The Morgan fingerprint density at radius 3 is 2.50 bits per heavy atom. The summed E-state index contributed by atoms with van der Waals surface area (Å²) in [6.45, 7) is 4.87. The summed E-state index contributed by atoms with van der Waals surface area (Å²) < 4.78 is 5.35. The summed E-state index contributed by atoms with van der Waals surface area (Å²) in [4.78, 5) is 29.0. The molecule has 7 heteroatoms. The van der Waals surface area contributed by atoms with Crippen molar-refractivity contribution in [2.45, 2.75) is 19.3 Å². The van der Waals surface area contributed by atoms with Gasteiger partial charge in [0, 0.05) is 68.8 Å². The van der Waals surface area contributed by atoms with E-state index in [-0.39, 0.29) is 11.3 Å². The van der Waals surface area contributed by atoms with Crippen molar-refractivity contribution in [3.63, 3.8) is 0 Å². The maximum Gasteiger partial charge on any atom is 0.228 e. The fraction of sp³-hybridized carbons (Fsp3) is 0.522. The molecule has 2 aliphatic heterocycles. The van der Waals surface area contributed by atoms with Crippen molar-refractivity contribution in [2.75, 3.05) is 56.2 Å². The fourth-order valence-electron chi connectivity index (χ4n) is 5.27. The zero-order valence-corrected chi connectivity index (χ0v) is 17.5. The van der Waals surface area contributed by atoms with E-state index < -0.39 is 0 Å². The van der Waals surface area contributed by atoms with Gasteiger partial charge in [-0.15, -0.1) is 0 Å². The molecule has 1 aliphatic carbocycles. The van der Waals surface area contributed by atoms with Crippen molar-refractivity contribution in [3.8, 4) is 5.75 Å². The van der Waals surface area contributed by atoms with Gasteiger partial charge in [-0.05, 0) is 31.0 Å². The third-order valence-corrected chi connectivity index (χ3v) is 7.14. The Hall–Kier alpha value is -2.83. The van der Waals surface area contributed by atoms with Gasteiger partial charge in [-0.1, -0.05) is 12.5 Å². The minimum absolute atomic E-state index is 0.0541. The molecule has 1 spiro atoms. The van der Waals surface area contributed by atoms with Gasteiger partial charge in [0.1, 0.15) is 5.75 Å².